The highest BCUT2D eigenvalue weighted by Gasteiger charge is 2.18. The molecule has 0 bridgehead atoms. The molecule has 5 nitrogen and oxygen atoms in total. The summed E-state index contributed by atoms with van der Waals surface area (Å²) in [6.07, 6.45) is 2.41. The molecule has 0 amide bonds. The first-order valence-corrected chi connectivity index (χ1v) is 8.13. The van der Waals surface area contributed by atoms with E-state index in [9.17, 15) is 0 Å². The van der Waals surface area contributed by atoms with Gasteiger partial charge >= 0.3 is 0 Å². The van der Waals surface area contributed by atoms with Crippen LogP contribution < -0.4 is 4.90 Å². The molecule has 1 aromatic carbocycles. The van der Waals surface area contributed by atoms with Gasteiger partial charge in [0.25, 0.3) is 0 Å². The van der Waals surface area contributed by atoms with Gasteiger partial charge in [0.1, 0.15) is 6.73 Å². The highest BCUT2D eigenvalue weighted by molar-refractivity contribution is 6.34. The maximum Gasteiger partial charge on any atom is 0.205 e. The van der Waals surface area contributed by atoms with E-state index in [0.717, 1.165) is 34.8 Å². The van der Waals surface area contributed by atoms with E-state index in [1.165, 1.54) is 12.8 Å². The molecule has 22 heavy (non-hydrogen) atoms. The molecule has 3 rings (SSSR count). The van der Waals surface area contributed by atoms with E-state index < -0.39 is 0 Å². The average molecular weight is 344 g/mol. The topological polar surface area (TPSA) is 39.5 Å². The van der Waals surface area contributed by atoms with Crippen LogP contribution in [0.4, 0.5) is 5.69 Å². The number of hydrogen-bond acceptors (Lipinski definition) is 4. The zero-order valence-electron chi connectivity index (χ0n) is 12.5. The Morgan fingerprint density at radius 3 is 2.68 bits per heavy atom. The van der Waals surface area contributed by atoms with Gasteiger partial charge in [-0.05, 0) is 36.6 Å². The van der Waals surface area contributed by atoms with E-state index in [1.54, 1.807) is 7.11 Å². The summed E-state index contributed by atoms with van der Waals surface area (Å²) in [7, 11) is 1.65. The Morgan fingerprint density at radius 1 is 1.18 bits per heavy atom. The van der Waals surface area contributed by atoms with Gasteiger partial charge in [-0.1, -0.05) is 11.6 Å². The van der Waals surface area contributed by atoms with Gasteiger partial charge in [0.2, 0.25) is 5.28 Å². The number of anilines is 1. The lowest BCUT2D eigenvalue weighted by Crippen LogP contribution is -2.18. The van der Waals surface area contributed by atoms with Gasteiger partial charge in [0.15, 0.2) is 0 Å². The molecule has 2 aromatic rings. The smallest absolute Gasteiger partial charge is 0.205 e. The minimum absolute atomic E-state index is 0.347. The van der Waals surface area contributed by atoms with Crippen LogP contribution in [0.15, 0.2) is 12.1 Å². The molecule has 1 aliphatic rings. The van der Waals surface area contributed by atoms with Crippen LogP contribution in [0, 0.1) is 0 Å². The summed E-state index contributed by atoms with van der Waals surface area (Å²) in [6.45, 7) is 3.49. The first-order valence-electron chi connectivity index (χ1n) is 7.37. The second-order valence-corrected chi connectivity index (χ2v) is 6.07. The van der Waals surface area contributed by atoms with Crippen molar-refractivity contribution in [2.45, 2.75) is 19.6 Å². The van der Waals surface area contributed by atoms with Crippen LogP contribution in [0.1, 0.15) is 12.8 Å². The molecule has 1 saturated heterocycles. The third-order valence-corrected chi connectivity index (χ3v) is 4.46. The van der Waals surface area contributed by atoms with Crippen molar-refractivity contribution in [1.29, 1.82) is 0 Å². The third-order valence-electron chi connectivity index (χ3n) is 3.87. The Balaban J connectivity index is 1.90. The fourth-order valence-electron chi connectivity index (χ4n) is 2.73. The van der Waals surface area contributed by atoms with Gasteiger partial charge in [-0.3, -0.25) is 4.57 Å². The summed E-state index contributed by atoms with van der Waals surface area (Å²) in [5.41, 5.74) is 2.77. The normalized spacial score (nSPS) is 15.1. The number of aromatic nitrogens is 2. The molecule has 0 spiro atoms. The summed E-state index contributed by atoms with van der Waals surface area (Å²) >= 11 is 12.6. The van der Waals surface area contributed by atoms with Crippen LogP contribution in [-0.2, 0) is 16.2 Å². The Kier molecular flexibility index (Phi) is 5.08. The second kappa shape index (κ2) is 7.04. The Hall–Kier alpha value is -1.01. The van der Waals surface area contributed by atoms with Gasteiger partial charge in [-0.2, -0.15) is 0 Å². The third kappa shape index (κ3) is 3.18. The number of nitrogens with zero attached hydrogens (tertiary/aromatic N) is 3. The predicted octanol–water partition coefficient (Wildman–Crippen LogP) is 3.56. The highest BCUT2D eigenvalue weighted by Crippen LogP contribution is 2.34. The van der Waals surface area contributed by atoms with Crippen LogP contribution in [-0.4, -0.2) is 43.0 Å². The number of benzene rings is 1. The first-order chi connectivity index (χ1) is 10.7. The molecule has 0 saturated carbocycles. The van der Waals surface area contributed by atoms with Crippen molar-refractivity contribution in [2.75, 3.05) is 38.3 Å². The summed E-state index contributed by atoms with van der Waals surface area (Å²) in [5.74, 6) is 0. The van der Waals surface area contributed by atoms with Crippen LogP contribution in [0.2, 0.25) is 10.3 Å². The van der Waals surface area contributed by atoms with Crippen LogP contribution in [0.5, 0.6) is 0 Å². The SMILES string of the molecule is COCCOCn1c(Cl)nc2cc(Cl)c(N3CCCC3)cc21. The lowest BCUT2D eigenvalue weighted by Gasteiger charge is -2.19. The molecular formula is C15H19Cl2N3O2. The molecule has 120 valence electrons. The average Bonchev–Trinajstić information content (AvgIpc) is 3.11. The summed E-state index contributed by atoms with van der Waals surface area (Å²) in [6, 6.07) is 3.93. The van der Waals surface area contributed by atoms with Crippen LogP contribution in [0.3, 0.4) is 0 Å². The standard InChI is InChI=1S/C15H19Cl2N3O2/c1-21-6-7-22-10-20-14-9-13(19-4-2-3-5-19)11(16)8-12(14)18-15(20)17/h8-9H,2-7,10H2,1H3. The zero-order chi connectivity index (χ0) is 15.5. The Labute approximate surface area is 139 Å². The molecule has 0 aliphatic carbocycles. The number of imidazole rings is 1. The lowest BCUT2D eigenvalue weighted by atomic mass is 10.2. The van der Waals surface area contributed by atoms with E-state index in [0.29, 0.717) is 25.2 Å². The molecule has 0 radical (unpaired) electrons. The van der Waals surface area contributed by atoms with E-state index in [1.807, 2.05) is 10.6 Å². The number of rotatable bonds is 6. The number of halogens is 2. The number of hydrogen-bond donors (Lipinski definition) is 0. The molecule has 0 N–H and O–H groups in total. The van der Waals surface area contributed by atoms with Gasteiger partial charge < -0.3 is 14.4 Å². The molecule has 1 fully saturated rings. The molecule has 0 atom stereocenters. The van der Waals surface area contributed by atoms with E-state index in [2.05, 4.69) is 16.0 Å². The minimum atomic E-state index is 0.347. The Morgan fingerprint density at radius 2 is 1.95 bits per heavy atom. The lowest BCUT2D eigenvalue weighted by molar-refractivity contribution is 0.0359. The van der Waals surface area contributed by atoms with E-state index in [4.69, 9.17) is 32.7 Å². The molecule has 2 heterocycles. The quantitative estimate of drug-likeness (QED) is 0.751. The summed E-state index contributed by atoms with van der Waals surface area (Å²) in [5, 5.41) is 1.12. The molecule has 1 aliphatic heterocycles. The fraction of sp³-hybridized carbons (Fsp3) is 0.533. The van der Waals surface area contributed by atoms with Gasteiger partial charge in [0.05, 0.1) is 35.0 Å². The van der Waals surface area contributed by atoms with E-state index in [-0.39, 0.29) is 0 Å². The molecule has 7 heteroatoms. The zero-order valence-corrected chi connectivity index (χ0v) is 14.0. The predicted molar refractivity (Wildman–Crippen MR) is 89.0 cm³/mol. The van der Waals surface area contributed by atoms with Crippen LogP contribution >= 0.6 is 23.2 Å². The second-order valence-electron chi connectivity index (χ2n) is 5.33. The minimum Gasteiger partial charge on any atom is -0.382 e. The fourth-order valence-corrected chi connectivity index (χ4v) is 3.23. The first kappa shape index (κ1) is 15.9. The van der Waals surface area contributed by atoms with Crippen molar-refractivity contribution >= 4 is 39.9 Å². The van der Waals surface area contributed by atoms with Crippen molar-refractivity contribution in [2.24, 2.45) is 0 Å². The summed E-state index contributed by atoms with van der Waals surface area (Å²) in [4.78, 5) is 6.66. The maximum atomic E-state index is 6.41. The monoisotopic (exact) mass is 343 g/mol. The molecule has 1 aromatic heterocycles. The van der Waals surface area contributed by atoms with Crippen molar-refractivity contribution in [1.82, 2.24) is 9.55 Å². The van der Waals surface area contributed by atoms with Crippen molar-refractivity contribution in [3.8, 4) is 0 Å². The van der Waals surface area contributed by atoms with Crippen LogP contribution in [0.25, 0.3) is 11.0 Å². The highest BCUT2D eigenvalue weighted by atomic mass is 35.5. The van der Waals surface area contributed by atoms with Crippen molar-refractivity contribution in [3.05, 3.63) is 22.4 Å². The van der Waals surface area contributed by atoms with E-state index >= 15 is 0 Å². The number of ether oxygens (including phenoxy) is 2. The van der Waals surface area contributed by atoms with Gasteiger partial charge in [-0.15, -0.1) is 0 Å². The van der Waals surface area contributed by atoms with Gasteiger partial charge in [0, 0.05) is 20.2 Å². The molecule has 0 unspecified atom stereocenters. The largest absolute Gasteiger partial charge is 0.382 e. The number of methoxy groups -OCH3 is 1. The molecular weight excluding hydrogens is 325 g/mol. The number of fused-ring (bicyclic) bond motifs is 1. The van der Waals surface area contributed by atoms with Crippen molar-refractivity contribution in [3.63, 3.8) is 0 Å². The van der Waals surface area contributed by atoms with Gasteiger partial charge in [-0.25, -0.2) is 4.98 Å². The maximum absolute atomic E-state index is 6.41. The summed E-state index contributed by atoms with van der Waals surface area (Å²) < 4.78 is 12.4. The van der Waals surface area contributed by atoms with Crippen molar-refractivity contribution < 1.29 is 9.47 Å². The Bertz CT molecular complexity index is 654.